The van der Waals surface area contributed by atoms with Gasteiger partial charge in [-0.3, -0.25) is 4.79 Å². The van der Waals surface area contributed by atoms with Crippen LogP contribution in [0.25, 0.3) is 0 Å². The molecule has 1 unspecified atom stereocenters. The maximum absolute atomic E-state index is 12.1. The minimum Gasteiger partial charge on any atom is -0.378 e. The van der Waals surface area contributed by atoms with Gasteiger partial charge in [0.15, 0.2) is 6.10 Å². The monoisotopic (exact) mass is 335 g/mol. The quantitative estimate of drug-likeness (QED) is 0.696. The predicted molar refractivity (Wildman–Crippen MR) is 95.9 cm³/mol. The summed E-state index contributed by atoms with van der Waals surface area (Å²) in [6.07, 6.45) is 3.15. The molecule has 1 atom stereocenters. The van der Waals surface area contributed by atoms with E-state index in [2.05, 4.69) is 27.0 Å². The second-order valence-electron chi connectivity index (χ2n) is 5.81. The molecule has 25 heavy (non-hydrogen) atoms. The van der Waals surface area contributed by atoms with Crippen LogP contribution in [-0.2, 0) is 17.8 Å². The number of hydrogen-bond acceptors (Lipinski definition) is 3. The SMILES string of the molecule is O=C(NCCc1nccn1Cc1ccccc1)C(O)c1ccccc1. The van der Waals surface area contributed by atoms with E-state index in [4.69, 9.17) is 0 Å². The summed E-state index contributed by atoms with van der Waals surface area (Å²) in [5.74, 6) is 0.505. The average molecular weight is 335 g/mol. The molecule has 5 nitrogen and oxygen atoms in total. The molecule has 1 aromatic heterocycles. The molecule has 3 aromatic rings. The second kappa shape index (κ2) is 8.26. The van der Waals surface area contributed by atoms with Crippen molar-refractivity contribution in [2.45, 2.75) is 19.1 Å². The summed E-state index contributed by atoms with van der Waals surface area (Å²) in [5, 5.41) is 12.8. The summed E-state index contributed by atoms with van der Waals surface area (Å²) >= 11 is 0. The maximum atomic E-state index is 12.1. The smallest absolute Gasteiger partial charge is 0.253 e. The fraction of sp³-hybridized carbons (Fsp3) is 0.200. The van der Waals surface area contributed by atoms with E-state index >= 15 is 0 Å². The first kappa shape index (κ1) is 16.9. The zero-order valence-electron chi connectivity index (χ0n) is 13.9. The maximum Gasteiger partial charge on any atom is 0.253 e. The number of benzene rings is 2. The van der Waals surface area contributed by atoms with Gasteiger partial charge in [-0.05, 0) is 11.1 Å². The molecule has 0 saturated carbocycles. The highest BCUT2D eigenvalue weighted by Gasteiger charge is 2.16. The van der Waals surface area contributed by atoms with Gasteiger partial charge in [-0.25, -0.2) is 4.98 Å². The average Bonchev–Trinajstić information content (AvgIpc) is 3.09. The van der Waals surface area contributed by atoms with E-state index in [-0.39, 0.29) is 0 Å². The van der Waals surface area contributed by atoms with Crippen molar-refractivity contribution >= 4 is 5.91 Å². The molecular formula is C20H21N3O2. The first-order valence-electron chi connectivity index (χ1n) is 8.28. The summed E-state index contributed by atoms with van der Waals surface area (Å²) in [7, 11) is 0. The lowest BCUT2D eigenvalue weighted by Gasteiger charge is -2.12. The number of amides is 1. The van der Waals surface area contributed by atoms with Gasteiger partial charge in [0.2, 0.25) is 0 Å². The van der Waals surface area contributed by atoms with Crippen molar-refractivity contribution in [3.63, 3.8) is 0 Å². The van der Waals surface area contributed by atoms with Gasteiger partial charge in [-0.2, -0.15) is 0 Å². The van der Waals surface area contributed by atoms with E-state index < -0.39 is 12.0 Å². The van der Waals surface area contributed by atoms with E-state index in [1.54, 1.807) is 30.5 Å². The largest absolute Gasteiger partial charge is 0.378 e. The molecule has 128 valence electrons. The lowest BCUT2D eigenvalue weighted by molar-refractivity contribution is -0.129. The molecule has 0 saturated heterocycles. The van der Waals surface area contributed by atoms with Gasteiger partial charge < -0.3 is 15.0 Å². The summed E-state index contributed by atoms with van der Waals surface area (Å²) in [6.45, 7) is 1.17. The standard InChI is InChI=1S/C20H21N3O2/c24-19(17-9-5-2-6-10-17)20(25)22-12-11-18-21-13-14-23(18)15-16-7-3-1-4-8-16/h1-10,13-14,19,24H,11-12,15H2,(H,22,25). The van der Waals surface area contributed by atoms with Gasteiger partial charge in [-0.1, -0.05) is 60.7 Å². The van der Waals surface area contributed by atoms with E-state index in [1.165, 1.54) is 5.56 Å². The molecule has 0 bridgehead atoms. The van der Waals surface area contributed by atoms with Crippen LogP contribution in [0.4, 0.5) is 0 Å². The fourth-order valence-corrected chi connectivity index (χ4v) is 2.67. The number of aliphatic hydroxyl groups is 1. The molecule has 1 amide bonds. The van der Waals surface area contributed by atoms with Gasteiger partial charge in [0.1, 0.15) is 5.82 Å². The number of nitrogens with one attached hydrogen (secondary N) is 1. The van der Waals surface area contributed by atoms with Crippen LogP contribution >= 0.6 is 0 Å². The number of aromatic nitrogens is 2. The number of hydrogen-bond donors (Lipinski definition) is 2. The van der Waals surface area contributed by atoms with Gasteiger partial charge in [0.25, 0.3) is 5.91 Å². The Balaban J connectivity index is 1.53. The minimum absolute atomic E-state index is 0.396. The van der Waals surface area contributed by atoms with Gasteiger partial charge in [0.05, 0.1) is 0 Å². The third-order valence-electron chi connectivity index (χ3n) is 4.01. The van der Waals surface area contributed by atoms with Crippen LogP contribution in [0.2, 0.25) is 0 Å². The van der Waals surface area contributed by atoms with Crippen LogP contribution in [0.15, 0.2) is 73.1 Å². The zero-order valence-corrected chi connectivity index (χ0v) is 13.9. The summed E-state index contributed by atoms with van der Waals surface area (Å²) in [4.78, 5) is 16.4. The number of carbonyl (C=O) groups excluding carboxylic acids is 1. The summed E-state index contributed by atoms with van der Waals surface area (Å²) in [5.41, 5.74) is 1.79. The van der Waals surface area contributed by atoms with Crippen LogP contribution in [0, 0.1) is 0 Å². The number of aliphatic hydroxyl groups excluding tert-OH is 1. The molecule has 2 aromatic carbocycles. The summed E-state index contributed by atoms with van der Waals surface area (Å²) < 4.78 is 2.06. The predicted octanol–water partition coefficient (Wildman–Crippen LogP) is 2.32. The topological polar surface area (TPSA) is 67.2 Å². The highest BCUT2D eigenvalue weighted by molar-refractivity contribution is 5.81. The van der Waals surface area contributed by atoms with Crippen molar-refractivity contribution in [2.24, 2.45) is 0 Å². The first-order valence-corrected chi connectivity index (χ1v) is 8.28. The summed E-state index contributed by atoms with van der Waals surface area (Å²) in [6, 6.07) is 19.1. The molecule has 5 heteroatoms. The van der Waals surface area contributed by atoms with Crippen molar-refractivity contribution in [1.82, 2.24) is 14.9 Å². The Hall–Kier alpha value is -2.92. The van der Waals surface area contributed by atoms with Crippen LogP contribution in [-0.4, -0.2) is 27.1 Å². The van der Waals surface area contributed by atoms with Crippen molar-refractivity contribution in [1.29, 1.82) is 0 Å². The second-order valence-corrected chi connectivity index (χ2v) is 5.81. The number of imidazole rings is 1. The van der Waals surface area contributed by atoms with Crippen LogP contribution in [0.1, 0.15) is 23.1 Å². The van der Waals surface area contributed by atoms with Crippen molar-refractivity contribution in [2.75, 3.05) is 6.54 Å². The Morgan fingerprint density at radius 3 is 2.48 bits per heavy atom. The highest BCUT2D eigenvalue weighted by atomic mass is 16.3. The van der Waals surface area contributed by atoms with Gasteiger partial charge >= 0.3 is 0 Å². The third-order valence-corrected chi connectivity index (χ3v) is 4.01. The Labute approximate surface area is 147 Å². The van der Waals surface area contributed by atoms with Crippen molar-refractivity contribution < 1.29 is 9.90 Å². The van der Waals surface area contributed by atoms with Gasteiger partial charge in [0, 0.05) is 31.9 Å². The Morgan fingerprint density at radius 1 is 1.08 bits per heavy atom. The minimum atomic E-state index is -1.15. The van der Waals surface area contributed by atoms with Crippen molar-refractivity contribution in [3.05, 3.63) is 90.0 Å². The van der Waals surface area contributed by atoms with Gasteiger partial charge in [-0.15, -0.1) is 0 Å². The highest BCUT2D eigenvalue weighted by Crippen LogP contribution is 2.12. The first-order chi connectivity index (χ1) is 12.2. The lowest BCUT2D eigenvalue weighted by atomic mass is 10.1. The number of nitrogens with zero attached hydrogens (tertiary/aromatic N) is 2. The van der Waals surface area contributed by atoms with E-state index in [1.807, 2.05) is 30.5 Å². The molecule has 1 heterocycles. The lowest BCUT2D eigenvalue weighted by Crippen LogP contribution is -2.31. The van der Waals surface area contributed by atoms with E-state index in [9.17, 15) is 9.90 Å². The molecule has 0 aliphatic carbocycles. The van der Waals surface area contributed by atoms with E-state index in [0.29, 0.717) is 18.5 Å². The molecular weight excluding hydrogens is 314 g/mol. The Kier molecular flexibility index (Phi) is 5.59. The molecule has 0 aliphatic rings. The molecule has 0 fully saturated rings. The van der Waals surface area contributed by atoms with Crippen LogP contribution in [0.3, 0.4) is 0 Å². The fourth-order valence-electron chi connectivity index (χ4n) is 2.67. The Morgan fingerprint density at radius 2 is 1.76 bits per heavy atom. The normalized spacial score (nSPS) is 11.9. The molecule has 2 N–H and O–H groups in total. The third kappa shape index (κ3) is 4.55. The molecule has 0 radical (unpaired) electrons. The number of carbonyl (C=O) groups is 1. The molecule has 0 aliphatic heterocycles. The van der Waals surface area contributed by atoms with Crippen molar-refractivity contribution in [3.8, 4) is 0 Å². The Bertz CT molecular complexity index is 800. The number of rotatable bonds is 7. The molecule has 3 rings (SSSR count). The van der Waals surface area contributed by atoms with E-state index in [0.717, 1.165) is 12.4 Å². The molecule has 0 spiro atoms. The van der Waals surface area contributed by atoms with Crippen LogP contribution < -0.4 is 5.32 Å². The zero-order chi connectivity index (χ0) is 17.5. The van der Waals surface area contributed by atoms with Crippen LogP contribution in [0.5, 0.6) is 0 Å².